The van der Waals surface area contributed by atoms with Crippen LogP contribution in [0.25, 0.3) is 5.65 Å². The van der Waals surface area contributed by atoms with E-state index in [0.717, 1.165) is 16.7 Å². The van der Waals surface area contributed by atoms with Crippen molar-refractivity contribution in [3.05, 3.63) is 63.1 Å². The number of hydrogen-bond acceptors (Lipinski definition) is 5. The molecule has 2 aromatic heterocycles. The second-order valence-corrected chi connectivity index (χ2v) is 6.00. The van der Waals surface area contributed by atoms with Crippen LogP contribution in [-0.4, -0.2) is 38.1 Å². The summed E-state index contributed by atoms with van der Waals surface area (Å²) in [5.41, 5.74) is 2.32. The molecule has 0 unspecified atom stereocenters. The second-order valence-electron chi connectivity index (χ2n) is 6.00. The topological polar surface area (TPSA) is 126 Å². The normalized spacial score (nSPS) is 10.7. The van der Waals surface area contributed by atoms with Crippen molar-refractivity contribution in [2.24, 2.45) is 0 Å². The van der Waals surface area contributed by atoms with Crippen LogP contribution in [0.1, 0.15) is 27.0 Å². The number of ether oxygens (including phenoxy) is 1. The van der Waals surface area contributed by atoms with E-state index in [1.807, 2.05) is 32.0 Å². The zero-order valence-corrected chi connectivity index (χ0v) is 14.8. The van der Waals surface area contributed by atoms with E-state index in [-0.39, 0.29) is 23.7 Å². The van der Waals surface area contributed by atoms with Gasteiger partial charge in [0.05, 0.1) is 0 Å². The predicted molar refractivity (Wildman–Crippen MR) is 96.0 cm³/mol. The molecule has 2 heterocycles. The Labute approximate surface area is 153 Å². The molecule has 0 atom stereocenters. The number of rotatable bonds is 6. The lowest BCUT2D eigenvalue weighted by Gasteiger charge is -2.13. The van der Waals surface area contributed by atoms with Crippen molar-refractivity contribution >= 4 is 17.5 Å². The molecule has 1 amide bonds. The Bertz CT molecular complexity index is 1060. The molecule has 9 heteroatoms. The largest absolute Gasteiger partial charge is 0.480 e. The van der Waals surface area contributed by atoms with Gasteiger partial charge >= 0.3 is 5.97 Å². The van der Waals surface area contributed by atoms with Gasteiger partial charge in [0.25, 0.3) is 5.91 Å². The standard InChI is InChI=1S/C18H18N4O5/c1-10-4-3-5-11(2)12(10)8-27-14-6-13(23)16(17-20-9-21-22(14)17)18(26)19-7-15(24)25/h3-6,9H,7-8H2,1-2H3,(H,19,26)(H,20,21)(H,24,25). The number of carboxylic acid groups (broad SMARTS) is 1. The number of benzene rings is 1. The minimum atomic E-state index is -1.21. The predicted octanol–water partition coefficient (Wildman–Crippen LogP) is 1.03. The van der Waals surface area contributed by atoms with E-state index < -0.39 is 23.9 Å². The van der Waals surface area contributed by atoms with Crippen molar-refractivity contribution in [1.29, 1.82) is 0 Å². The van der Waals surface area contributed by atoms with Crippen molar-refractivity contribution < 1.29 is 19.4 Å². The summed E-state index contributed by atoms with van der Waals surface area (Å²) >= 11 is 0. The van der Waals surface area contributed by atoms with Crippen LogP contribution in [0.15, 0.2) is 35.4 Å². The van der Waals surface area contributed by atoms with Gasteiger partial charge in [0.1, 0.15) is 25.0 Å². The van der Waals surface area contributed by atoms with Crippen LogP contribution in [0, 0.1) is 13.8 Å². The van der Waals surface area contributed by atoms with Gasteiger partial charge in [0, 0.05) is 6.07 Å². The van der Waals surface area contributed by atoms with Crippen LogP contribution >= 0.6 is 0 Å². The molecule has 0 fully saturated rings. The fraction of sp³-hybridized carbons (Fsp3) is 0.222. The molecule has 0 radical (unpaired) electrons. The molecule has 3 aromatic rings. The highest BCUT2D eigenvalue weighted by molar-refractivity contribution is 6.00. The third kappa shape index (κ3) is 3.66. The number of fused-ring (bicyclic) bond motifs is 1. The number of aliphatic carboxylic acids is 1. The molecule has 0 bridgehead atoms. The maximum absolute atomic E-state index is 12.4. The van der Waals surface area contributed by atoms with Gasteiger partial charge < -0.3 is 15.2 Å². The molecule has 1 aromatic carbocycles. The maximum atomic E-state index is 12.4. The van der Waals surface area contributed by atoms with Crippen LogP contribution in [0.2, 0.25) is 0 Å². The highest BCUT2D eigenvalue weighted by Crippen LogP contribution is 2.18. The number of hydrogen-bond donors (Lipinski definition) is 3. The second kappa shape index (κ2) is 7.32. The summed E-state index contributed by atoms with van der Waals surface area (Å²) in [6.45, 7) is 3.59. The van der Waals surface area contributed by atoms with E-state index in [4.69, 9.17) is 9.84 Å². The fourth-order valence-corrected chi connectivity index (χ4v) is 2.76. The molecule has 27 heavy (non-hydrogen) atoms. The van der Waals surface area contributed by atoms with E-state index in [0.29, 0.717) is 0 Å². The van der Waals surface area contributed by atoms with Crippen molar-refractivity contribution in [2.75, 3.05) is 6.54 Å². The molecule has 0 aliphatic rings. The van der Waals surface area contributed by atoms with Gasteiger partial charge in [-0.2, -0.15) is 0 Å². The minimum Gasteiger partial charge on any atom is -0.480 e. The average Bonchev–Trinajstić information content (AvgIpc) is 3.08. The minimum absolute atomic E-state index is 0.0573. The van der Waals surface area contributed by atoms with Crippen LogP contribution in [0.4, 0.5) is 0 Å². The fourth-order valence-electron chi connectivity index (χ4n) is 2.76. The number of amides is 1. The number of carboxylic acids is 1. The summed E-state index contributed by atoms with van der Waals surface area (Å²) in [6, 6.07) is 7.07. The average molecular weight is 370 g/mol. The lowest BCUT2D eigenvalue weighted by atomic mass is 10.0. The molecule has 140 valence electrons. The van der Waals surface area contributed by atoms with E-state index >= 15 is 0 Å². The number of nitrogens with zero attached hydrogens (tertiary/aromatic N) is 2. The molecular weight excluding hydrogens is 352 g/mol. The first-order valence-corrected chi connectivity index (χ1v) is 8.15. The number of aromatic amines is 1. The van der Waals surface area contributed by atoms with E-state index in [1.165, 1.54) is 16.9 Å². The first-order valence-electron chi connectivity index (χ1n) is 8.15. The third-order valence-electron chi connectivity index (χ3n) is 4.17. The number of aryl methyl sites for hydroxylation is 2. The molecular formula is C18H18N4O5. The van der Waals surface area contributed by atoms with Gasteiger partial charge in [-0.05, 0) is 30.5 Å². The van der Waals surface area contributed by atoms with E-state index in [2.05, 4.69) is 15.4 Å². The lowest BCUT2D eigenvalue weighted by Crippen LogP contribution is -2.33. The summed E-state index contributed by atoms with van der Waals surface area (Å²) in [5, 5.41) is 13.6. The first kappa shape index (κ1) is 18.2. The smallest absolute Gasteiger partial charge is 0.322 e. The Morgan fingerprint density at radius 2 is 2.00 bits per heavy atom. The first-order chi connectivity index (χ1) is 12.9. The summed E-state index contributed by atoms with van der Waals surface area (Å²) < 4.78 is 7.17. The zero-order chi connectivity index (χ0) is 19.6. The summed E-state index contributed by atoms with van der Waals surface area (Å²) in [6.07, 6.45) is 1.31. The SMILES string of the molecule is Cc1cccc(C)c1COc1cc(=O)c(C(=O)NCC(=O)O)c2nc[nH]n12. The molecule has 3 rings (SSSR count). The lowest BCUT2D eigenvalue weighted by molar-refractivity contribution is -0.135. The van der Waals surface area contributed by atoms with Crippen LogP contribution < -0.4 is 15.5 Å². The highest BCUT2D eigenvalue weighted by atomic mass is 16.5. The Balaban J connectivity index is 1.94. The number of carbonyl (C=O) groups is 2. The van der Waals surface area contributed by atoms with Gasteiger partial charge in [-0.25, -0.2) is 9.50 Å². The van der Waals surface area contributed by atoms with Crippen molar-refractivity contribution in [3.63, 3.8) is 0 Å². The molecule has 0 aliphatic heterocycles. The summed E-state index contributed by atoms with van der Waals surface area (Å²) in [4.78, 5) is 39.2. The number of H-pyrrole nitrogens is 1. The van der Waals surface area contributed by atoms with Crippen LogP contribution in [0.5, 0.6) is 5.88 Å². The monoisotopic (exact) mass is 370 g/mol. The van der Waals surface area contributed by atoms with Crippen molar-refractivity contribution in [3.8, 4) is 5.88 Å². The molecule has 0 spiro atoms. The van der Waals surface area contributed by atoms with E-state index in [1.54, 1.807) is 0 Å². The Morgan fingerprint density at radius 3 is 2.67 bits per heavy atom. The number of nitrogens with one attached hydrogen (secondary N) is 2. The molecule has 3 N–H and O–H groups in total. The highest BCUT2D eigenvalue weighted by Gasteiger charge is 2.20. The molecule has 0 saturated heterocycles. The maximum Gasteiger partial charge on any atom is 0.322 e. The quantitative estimate of drug-likeness (QED) is 0.595. The van der Waals surface area contributed by atoms with E-state index in [9.17, 15) is 14.4 Å². The van der Waals surface area contributed by atoms with Gasteiger partial charge in [-0.15, -0.1) is 0 Å². The van der Waals surface area contributed by atoms with Crippen molar-refractivity contribution in [2.45, 2.75) is 20.5 Å². The Kier molecular flexibility index (Phi) is 4.93. The summed E-state index contributed by atoms with van der Waals surface area (Å²) in [5.74, 6) is -1.83. The molecule has 0 saturated carbocycles. The van der Waals surface area contributed by atoms with Gasteiger partial charge in [-0.1, -0.05) is 18.2 Å². The number of pyridine rings is 1. The third-order valence-corrected chi connectivity index (χ3v) is 4.17. The van der Waals surface area contributed by atoms with Crippen LogP contribution in [-0.2, 0) is 11.4 Å². The number of carbonyl (C=O) groups excluding carboxylic acids is 1. The number of aromatic nitrogens is 3. The van der Waals surface area contributed by atoms with Crippen molar-refractivity contribution in [1.82, 2.24) is 19.9 Å². The Hall–Kier alpha value is -3.62. The molecule has 9 nitrogen and oxygen atoms in total. The zero-order valence-electron chi connectivity index (χ0n) is 14.8. The van der Waals surface area contributed by atoms with Gasteiger partial charge in [-0.3, -0.25) is 19.5 Å². The summed E-state index contributed by atoms with van der Waals surface area (Å²) in [7, 11) is 0. The molecule has 0 aliphatic carbocycles. The van der Waals surface area contributed by atoms with Gasteiger partial charge in [0.15, 0.2) is 5.65 Å². The Morgan fingerprint density at radius 1 is 1.30 bits per heavy atom. The van der Waals surface area contributed by atoms with Gasteiger partial charge in [0.2, 0.25) is 11.3 Å². The van der Waals surface area contributed by atoms with Crippen LogP contribution in [0.3, 0.4) is 0 Å².